The summed E-state index contributed by atoms with van der Waals surface area (Å²) in [6.07, 6.45) is 2.15. The molecule has 6 heteroatoms. The van der Waals surface area contributed by atoms with E-state index >= 15 is 0 Å². The van der Waals surface area contributed by atoms with Crippen molar-refractivity contribution in [1.29, 1.82) is 0 Å². The zero-order chi connectivity index (χ0) is 14.2. The number of aliphatic carboxylic acids is 1. The zero-order valence-corrected chi connectivity index (χ0v) is 12.1. The molecule has 2 N–H and O–H groups in total. The van der Waals surface area contributed by atoms with Gasteiger partial charge in [-0.05, 0) is 33.6 Å². The number of hydrogen-bond donors (Lipinski definition) is 2. The Morgan fingerprint density at radius 3 is 2.68 bits per heavy atom. The second kappa shape index (κ2) is 4.92. The molecule has 1 aromatic rings. The number of carbonyl (C=O) groups is 2. The fourth-order valence-corrected chi connectivity index (χ4v) is 3.44. The van der Waals surface area contributed by atoms with Crippen molar-refractivity contribution < 1.29 is 14.7 Å². The minimum Gasteiger partial charge on any atom is -0.481 e. The quantitative estimate of drug-likeness (QED) is 0.890. The summed E-state index contributed by atoms with van der Waals surface area (Å²) < 4.78 is 0. The van der Waals surface area contributed by atoms with Crippen LogP contribution in [0.5, 0.6) is 0 Å². The molecule has 1 saturated carbocycles. The first-order chi connectivity index (χ1) is 8.84. The van der Waals surface area contributed by atoms with Crippen molar-refractivity contribution in [3.05, 3.63) is 15.6 Å². The summed E-state index contributed by atoms with van der Waals surface area (Å²) in [4.78, 5) is 28.4. The minimum atomic E-state index is -0.858. The molecular formula is C13H18N2O3S. The van der Waals surface area contributed by atoms with Crippen LogP contribution in [0.4, 0.5) is 0 Å². The van der Waals surface area contributed by atoms with Gasteiger partial charge in [0.15, 0.2) is 0 Å². The largest absolute Gasteiger partial charge is 0.481 e. The molecule has 1 aliphatic carbocycles. The smallest absolute Gasteiger partial charge is 0.311 e. The van der Waals surface area contributed by atoms with Crippen molar-refractivity contribution in [3.63, 3.8) is 0 Å². The van der Waals surface area contributed by atoms with Crippen molar-refractivity contribution >= 4 is 23.2 Å². The molecule has 1 amide bonds. The molecular weight excluding hydrogens is 264 g/mol. The second-order valence-corrected chi connectivity index (χ2v) is 6.49. The Hall–Kier alpha value is -1.43. The van der Waals surface area contributed by atoms with E-state index < -0.39 is 11.4 Å². The Morgan fingerprint density at radius 2 is 2.16 bits per heavy atom. The van der Waals surface area contributed by atoms with Crippen molar-refractivity contribution in [2.45, 2.75) is 46.1 Å². The fraction of sp³-hybridized carbons (Fsp3) is 0.615. The van der Waals surface area contributed by atoms with E-state index in [0.717, 1.165) is 11.4 Å². The summed E-state index contributed by atoms with van der Waals surface area (Å²) in [5, 5.41) is 13.0. The monoisotopic (exact) mass is 282 g/mol. The molecule has 0 saturated heterocycles. The number of amides is 1. The first-order valence-electron chi connectivity index (χ1n) is 6.33. The number of carboxylic acid groups (broad SMARTS) is 1. The van der Waals surface area contributed by atoms with E-state index in [-0.39, 0.29) is 11.9 Å². The van der Waals surface area contributed by atoms with Gasteiger partial charge in [0.2, 0.25) is 0 Å². The van der Waals surface area contributed by atoms with Gasteiger partial charge in [-0.1, -0.05) is 6.42 Å². The van der Waals surface area contributed by atoms with E-state index in [1.54, 1.807) is 13.8 Å². The highest BCUT2D eigenvalue weighted by molar-refractivity contribution is 7.13. The molecule has 2 unspecified atom stereocenters. The highest BCUT2D eigenvalue weighted by Crippen LogP contribution is 2.38. The molecule has 104 valence electrons. The van der Waals surface area contributed by atoms with Gasteiger partial charge in [-0.3, -0.25) is 9.59 Å². The van der Waals surface area contributed by atoms with E-state index in [0.29, 0.717) is 23.4 Å². The van der Waals surface area contributed by atoms with Crippen LogP contribution >= 0.6 is 11.3 Å². The topological polar surface area (TPSA) is 79.3 Å². The highest BCUT2D eigenvalue weighted by Gasteiger charge is 2.46. The molecule has 1 aliphatic rings. The fourth-order valence-electron chi connectivity index (χ4n) is 2.62. The Morgan fingerprint density at radius 1 is 1.47 bits per heavy atom. The lowest BCUT2D eigenvalue weighted by Crippen LogP contribution is -2.47. The molecule has 0 aliphatic heterocycles. The molecule has 0 aromatic carbocycles. The third kappa shape index (κ3) is 2.49. The van der Waals surface area contributed by atoms with Crippen LogP contribution in [-0.4, -0.2) is 28.0 Å². The Bertz CT molecular complexity index is 526. The summed E-state index contributed by atoms with van der Waals surface area (Å²) in [6, 6.07) is -0.306. The molecule has 2 rings (SSSR count). The lowest BCUT2D eigenvalue weighted by Gasteiger charge is -2.27. The number of nitrogens with one attached hydrogen (secondary N) is 1. The summed E-state index contributed by atoms with van der Waals surface area (Å²) in [7, 11) is 0. The molecule has 2 atom stereocenters. The first kappa shape index (κ1) is 14.0. The van der Waals surface area contributed by atoms with Gasteiger partial charge in [-0.2, -0.15) is 0 Å². The normalized spacial score (nSPS) is 26.4. The van der Waals surface area contributed by atoms with Crippen molar-refractivity contribution in [1.82, 2.24) is 10.3 Å². The van der Waals surface area contributed by atoms with Gasteiger partial charge in [-0.15, -0.1) is 11.3 Å². The number of thiazole rings is 1. The van der Waals surface area contributed by atoms with Gasteiger partial charge in [0.05, 0.1) is 16.1 Å². The van der Waals surface area contributed by atoms with Gasteiger partial charge in [-0.25, -0.2) is 4.98 Å². The van der Waals surface area contributed by atoms with E-state index in [1.165, 1.54) is 11.3 Å². The predicted molar refractivity (Wildman–Crippen MR) is 72.4 cm³/mol. The third-order valence-electron chi connectivity index (χ3n) is 3.86. The van der Waals surface area contributed by atoms with E-state index in [2.05, 4.69) is 10.3 Å². The number of aryl methyl sites for hydroxylation is 2. The van der Waals surface area contributed by atoms with Crippen LogP contribution < -0.4 is 5.32 Å². The SMILES string of the molecule is Cc1nc(C)c(C(=O)NC2CCCC2(C)C(=O)O)s1. The second-order valence-electron chi connectivity index (χ2n) is 5.29. The summed E-state index contributed by atoms with van der Waals surface area (Å²) >= 11 is 1.34. The number of carbonyl (C=O) groups excluding carboxylic acids is 1. The third-order valence-corrected chi connectivity index (χ3v) is 4.93. The maximum atomic E-state index is 12.2. The molecule has 19 heavy (non-hydrogen) atoms. The summed E-state index contributed by atoms with van der Waals surface area (Å²) in [6.45, 7) is 5.35. The first-order valence-corrected chi connectivity index (χ1v) is 7.14. The zero-order valence-electron chi connectivity index (χ0n) is 11.3. The minimum absolute atomic E-state index is 0.206. The molecule has 5 nitrogen and oxygen atoms in total. The maximum Gasteiger partial charge on any atom is 0.311 e. The number of rotatable bonds is 3. The van der Waals surface area contributed by atoms with Crippen LogP contribution in [0.15, 0.2) is 0 Å². The van der Waals surface area contributed by atoms with Crippen LogP contribution in [0.2, 0.25) is 0 Å². The molecule has 0 radical (unpaired) electrons. The van der Waals surface area contributed by atoms with Gasteiger partial charge >= 0.3 is 5.97 Å². The molecule has 0 spiro atoms. The van der Waals surface area contributed by atoms with E-state index in [9.17, 15) is 14.7 Å². The Labute approximate surface area is 116 Å². The number of nitrogens with zero attached hydrogens (tertiary/aromatic N) is 1. The molecule has 1 heterocycles. The maximum absolute atomic E-state index is 12.2. The van der Waals surface area contributed by atoms with Crippen LogP contribution in [0.3, 0.4) is 0 Å². The van der Waals surface area contributed by atoms with Crippen LogP contribution in [0.1, 0.15) is 46.6 Å². The van der Waals surface area contributed by atoms with Crippen LogP contribution in [0, 0.1) is 19.3 Å². The average molecular weight is 282 g/mol. The van der Waals surface area contributed by atoms with E-state index in [4.69, 9.17) is 0 Å². The van der Waals surface area contributed by atoms with E-state index in [1.807, 2.05) is 6.92 Å². The molecule has 1 aromatic heterocycles. The number of aromatic nitrogens is 1. The Kier molecular flexibility index (Phi) is 3.62. The Balaban J connectivity index is 2.15. The van der Waals surface area contributed by atoms with Crippen LogP contribution in [0.25, 0.3) is 0 Å². The van der Waals surface area contributed by atoms with Gasteiger partial charge in [0.1, 0.15) is 4.88 Å². The summed E-state index contributed by atoms with van der Waals surface area (Å²) in [5.41, 5.74) is -0.154. The van der Waals surface area contributed by atoms with Gasteiger partial charge in [0, 0.05) is 6.04 Å². The average Bonchev–Trinajstić information content (AvgIpc) is 2.84. The lowest BCUT2D eigenvalue weighted by molar-refractivity contribution is -0.148. The van der Waals surface area contributed by atoms with Gasteiger partial charge in [0.25, 0.3) is 5.91 Å². The summed E-state index contributed by atoms with van der Waals surface area (Å²) in [5.74, 6) is -1.05. The van der Waals surface area contributed by atoms with Crippen molar-refractivity contribution in [3.8, 4) is 0 Å². The number of carboxylic acids is 1. The lowest BCUT2D eigenvalue weighted by atomic mass is 9.85. The van der Waals surface area contributed by atoms with Crippen LogP contribution in [-0.2, 0) is 4.79 Å². The standard InChI is InChI=1S/C13H18N2O3S/c1-7-10(19-8(2)14-7)11(16)15-9-5-4-6-13(9,3)12(17)18/h9H,4-6H2,1-3H3,(H,15,16)(H,17,18). The molecule has 0 bridgehead atoms. The highest BCUT2D eigenvalue weighted by atomic mass is 32.1. The number of hydrogen-bond acceptors (Lipinski definition) is 4. The van der Waals surface area contributed by atoms with Gasteiger partial charge < -0.3 is 10.4 Å². The predicted octanol–water partition coefficient (Wildman–Crippen LogP) is 2.13. The van der Waals surface area contributed by atoms with Crippen molar-refractivity contribution in [2.75, 3.05) is 0 Å². The van der Waals surface area contributed by atoms with Crippen molar-refractivity contribution in [2.24, 2.45) is 5.41 Å². The molecule has 1 fully saturated rings.